The van der Waals surface area contributed by atoms with Gasteiger partial charge in [0.2, 0.25) is 0 Å². The quantitative estimate of drug-likeness (QED) is 0.671. The molecule has 0 aromatic carbocycles. The highest BCUT2D eigenvalue weighted by Gasteiger charge is 2.12. The Bertz CT molecular complexity index is 126. The van der Waals surface area contributed by atoms with Crippen molar-refractivity contribution < 1.29 is 5.11 Å². The molecular formula is C10H20ClNO. The number of halogens is 1. The Balaban J connectivity index is 1.98. The summed E-state index contributed by atoms with van der Waals surface area (Å²) in [5, 5.41) is 12.5. The molecule has 1 fully saturated rings. The number of nitrogens with one attached hydrogen (secondary N) is 1. The second kappa shape index (κ2) is 6.63. The summed E-state index contributed by atoms with van der Waals surface area (Å²) in [6.07, 6.45) is 6.48. The fraction of sp³-hybridized carbons (Fsp3) is 1.00. The Kier molecular flexibility index (Phi) is 5.76. The van der Waals surface area contributed by atoms with Crippen LogP contribution in [0.25, 0.3) is 0 Å². The molecule has 1 atom stereocenters. The predicted octanol–water partition coefficient (Wildman–Crippen LogP) is 1.76. The summed E-state index contributed by atoms with van der Waals surface area (Å²) in [6.45, 7) is 1.69. The van der Waals surface area contributed by atoms with Gasteiger partial charge in [-0.05, 0) is 25.3 Å². The fourth-order valence-electron chi connectivity index (χ4n) is 1.90. The molecule has 78 valence electrons. The summed E-state index contributed by atoms with van der Waals surface area (Å²) < 4.78 is 0. The maximum atomic E-state index is 9.19. The van der Waals surface area contributed by atoms with Gasteiger partial charge in [-0.3, -0.25) is 0 Å². The molecule has 1 rings (SSSR count). The van der Waals surface area contributed by atoms with Crippen molar-refractivity contribution in [2.24, 2.45) is 5.92 Å². The monoisotopic (exact) mass is 205 g/mol. The summed E-state index contributed by atoms with van der Waals surface area (Å²) in [5.41, 5.74) is 0. The normalized spacial score (nSPS) is 21.7. The Morgan fingerprint density at radius 2 is 2.00 bits per heavy atom. The van der Waals surface area contributed by atoms with Gasteiger partial charge in [-0.2, -0.15) is 0 Å². The number of aliphatic hydroxyl groups excluding tert-OH is 1. The lowest BCUT2D eigenvalue weighted by Gasteiger charge is -2.22. The smallest absolute Gasteiger partial charge is 0.0799 e. The van der Waals surface area contributed by atoms with E-state index in [0.717, 1.165) is 12.5 Å². The Hall–Kier alpha value is 0.210. The van der Waals surface area contributed by atoms with E-state index in [0.29, 0.717) is 12.4 Å². The summed E-state index contributed by atoms with van der Waals surface area (Å²) in [4.78, 5) is 0. The Morgan fingerprint density at radius 1 is 1.31 bits per heavy atom. The zero-order valence-electron chi connectivity index (χ0n) is 8.14. The second-order valence-corrected chi connectivity index (χ2v) is 4.28. The van der Waals surface area contributed by atoms with E-state index in [1.165, 1.54) is 32.1 Å². The van der Waals surface area contributed by atoms with Crippen molar-refractivity contribution in [2.45, 2.75) is 38.2 Å². The number of alkyl halides is 1. The molecule has 0 heterocycles. The lowest BCUT2D eigenvalue weighted by molar-refractivity contribution is 0.190. The fourth-order valence-corrected chi connectivity index (χ4v) is 2.01. The second-order valence-electron chi connectivity index (χ2n) is 3.97. The van der Waals surface area contributed by atoms with E-state index >= 15 is 0 Å². The molecule has 1 unspecified atom stereocenters. The van der Waals surface area contributed by atoms with Crippen LogP contribution in [-0.2, 0) is 0 Å². The van der Waals surface area contributed by atoms with Crippen LogP contribution in [0.3, 0.4) is 0 Å². The molecule has 0 aliphatic heterocycles. The Labute approximate surface area is 85.7 Å². The SMILES string of the molecule is OC(CCl)CNCC1CCCCC1. The standard InChI is InChI=1S/C10H20ClNO/c11-6-10(13)8-12-7-9-4-2-1-3-5-9/h9-10,12-13H,1-8H2. The lowest BCUT2D eigenvalue weighted by atomic mass is 9.89. The zero-order chi connectivity index (χ0) is 9.52. The molecular weight excluding hydrogens is 186 g/mol. The van der Waals surface area contributed by atoms with Gasteiger partial charge in [-0.1, -0.05) is 19.3 Å². The van der Waals surface area contributed by atoms with Crippen molar-refractivity contribution in [1.29, 1.82) is 0 Å². The van der Waals surface area contributed by atoms with Crippen molar-refractivity contribution in [1.82, 2.24) is 5.32 Å². The number of hydrogen-bond donors (Lipinski definition) is 2. The molecule has 0 aromatic rings. The van der Waals surface area contributed by atoms with E-state index in [-0.39, 0.29) is 6.10 Å². The molecule has 0 radical (unpaired) electrons. The van der Waals surface area contributed by atoms with E-state index in [1.54, 1.807) is 0 Å². The van der Waals surface area contributed by atoms with Crippen LogP contribution >= 0.6 is 11.6 Å². The number of rotatable bonds is 5. The molecule has 0 saturated heterocycles. The topological polar surface area (TPSA) is 32.3 Å². The molecule has 0 amide bonds. The maximum Gasteiger partial charge on any atom is 0.0799 e. The van der Waals surface area contributed by atoms with E-state index in [1.807, 2.05) is 0 Å². The highest BCUT2D eigenvalue weighted by Crippen LogP contribution is 2.22. The van der Waals surface area contributed by atoms with Gasteiger partial charge in [0.05, 0.1) is 6.10 Å². The van der Waals surface area contributed by atoms with Crippen molar-refractivity contribution in [2.75, 3.05) is 19.0 Å². The zero-order valence-corrected chi connectivity index (χ0v) is 8.89. The molecule has 2 N–H and O–H groups in total. The van der Waals surface area contributed by atoms with Gasteiger partial charge in [-0.25, -0.2) is 0 Å². The van der Waals surface area contributed by atoms with Gasteiger partial charge >= 0.3 is 0 Å². The average molecular weight is 206 g/mol. The Morgan fingerprint density at radius 3 is 2.62 bits per heavy atom. The maximum absolute atomic E-state index is 9.19. The van der Waals surface area contributed by atoms with Crippen LogP contribution in [0.4, 0.5) is 0 Å². The van der Waals surface area contributed by atoms with Gasteiger partial charge in [0.15, 0.2) is 0 Å². The van der Waals surface area contributed by atoms with E-state index < -0.39 is 0 Å². The molecule has 1 aliphatic rings. The summed E-state index contributed by atoms with van der Waals surface area (Å²) >= 11 is 5.48. The first-order chi connectivity index (χ1) is 6.33. The molecule has 1 aliphatic carbocycles. The first-order valence-corrected chi connectivity index (χ1v) is 5.81. The number of hydrogen-bond acceptors (Lipinski definition) is 2. The predicted molar refractivity (Wildman–Crippen MR) is 56.2 cm³/mol. The van der Waals surface area contributed by atoms with Crippen LogP contribution in [0.2, 0.25) is 0 Å². The van der Waals surface area contributed by atoms with Crippen molar-refractivity contribution in [3.05, 3.63) is 0 Å². The first kappa shape index (κ1) is 11.3. The minimum absolute atomic E-state index is 0.331. The molecule has 0 spiro atoms. The molecule has 3 heteroatoms. The van der Waals surface area contributed by atoms with E-state index in [4.69, 9.17) is 11.6 Å². The molecule has 0 aromatic heterocycles. The van der Waals surface area contributed by atoms with Crippen LogP contribution in [0.1, 0.15) is 32.1 Å². The van der Waals surface area contributed by atoms with E-state index in [2.05, 4.69) is 5.32 Å². The van der Waals surface area contributed by atoms with Gasteiger partial charge in [-0.15, -0.1) is 11.6 Å². The van der Waals surface area contributed by atoms with Crippen molar-refractivity contribution in [3.63, 3.8) is 0 Å². The van der Waals surface area contributed by atoms with E-state index in [9.17, 15) is 5.11 Å². The van der Waals surface area contributed by atoms with Crippen LogP contribution in [0, 0.1) is 5.92 Å². The minimum atomic E-state index is -0.384. The van der Waals surface area contributed by atoms with Crippen LogP contribution in [0.5, 0.6) is 0 Å². The summed E-state index contributed by atoms with van der Waals surface area (Å²) in [7, 11) is 0. The summed E-state index contributed by atoms with van der Waals surface area (Å²) in [6, 6.07) is 0. The molecule has 13 heavy (non-hydrogen) atoms. The van der Waals surface area contributed by atoms with Gasteiger partial charge < -0.3 is 10.4 Å². The highest BCUT2D eigenvalue weighted by molar-refractivity contribution is 6.18. The average Bonchev–Trinajstić information content (AvgIpc) is 2.19. The largest absolute Gasteiger partial charge is 0.391 e. The third-order valence-electron chi connectivity index (χ3n) is 2.72. The van der Waals surface area contributed by atoms with Crippen LogP contribution in [-0.4, -0.2) is 30.2 Å². The molecule has 1 saturated carbocycles. The van der Waals surface area contributed by atoms with Crippen molar-refractivity contribution >= 4 is 11.6 Å². The van der Waals surface area contributed by atoms with Gasteiger partial charge in [0, 0.05) is 12.4 Å². The summed E-state index contributed by atoms with van der Waals surface area (Å²) in [5.74, 6) is 1.16. The van der Waals surface area contributed by atoms with Gasteiger partial charge in [0.25, 0.3) is 0 Å². The minimum Gasteiger partial charge on any atom is -0.391 e. The van der Waals surface area contributed by atoms with Crippen molar-refractivity contribution in [3.8, 4) is 0 Å². The third-order valence-corrected chi connectivity index (χ3v) is 3.07. The third kappa shape index (κ3) is 4.84. The molecule has 2 nitrogen and oxygen atoms in total. The lowest BCUT2D eigenvalue weighted by Crippen LogP contribution is -2.32. The first-order valence-electron chi connectivity index (χ1n) is 5.27. The number of aliphatic hydroxyl groups is 1. The van der Waals surface area contributed by atoms with Gasteiger partial charge in [0.1, 0.15) is 0 Å². The highest BCUT2D eigenvalue weighted by atomic mass is 35.5. The van der Waals surface area contributed by atoms with Crippen LogP contribution in [0.15, 0.2) is 0 Å². The molecule has 0 bridgehead atoms. The van der Waals surface area contributed by atoms with Crippen LogP contribution < -0.4 is 5.32 Å².